The number of ketones is 1. The zero-order chi connectivity index (χ0) is 28.9. The van der Waals surface area contributed by atoms with E-state index in [9.17, 15) is 23.5 Å². The highest BCUT2D eigenvalue weighted by Gasteiger charge is 2.83. The summed E-state index contributed by atoms with van der Waals surface area (Å²) >= 11 is 0.493. The van der Waals surface area contributed by atoms with Gasteiger partial charge in [0.2, 0.25) is 5.12 Å². The van der Waals surface area contributed by atoms with Crippen molar-refractivity contribution in [3.8, 4) is 0 Å². The Bertz CT molecular complexity index is 1320. The van der Waals surface area contributed by atoms with Crippen molar-refractivity contribution in [3.05, 3.63) is 59.4 Å². The Hall–Kier alpha value is -2.01. The van der Waals surface area contributed by atoms with Gasteiger partial charge < -0.3 is 5.11 Å². The molecule has 1 aromatic carbocycles. The number of halogens is 4. The number of aliphatic hydroxyl groups excluding tert-OH is 1. The summed E-state index contributed by atoms with van der Waals surface area (Å²) in [5.74, 6) is -2.29. The first kappa shape index (κ1) is 28.1. The van der Waals surface area contributed by atoms with Crippen LogP contribution in [-0.2, 0) is 21.0 Å². The molecule has 3 saturated carbocycles. The van der Waals surface area contributed by atoms with Crippen LogP contribution < -0.4 is 0 Å². The summed E-state index contributed by atoms with van der Waals surface area (Å²) < 4.78 is 60.7. The molecule has 0 bridgehead atoms. The Labute approximate surface area is 235 Å². The number of benzene rings is 1. The van der Waals surface area contributed by atoms with E-state index >= 15 is 8.78 Å². The molecule has 10 heteroatoms. The Morgan fingerprint density at radius 1 is 1.20 bits per heavy atom. The van der Waals surface area contributed by atoms with Gasteiger partial charge in [0.25, 0.3) is 0 Å². The van der Waals surface area contributed by atoms with Crippen molar-refractivity contribution in [1.29, 1.82) is 0 Å². The molecular formula is C30H33F4NO4S. The van der Waals surface area contributed by atoms with Gasteiger partial charge in [0.15, 0.2) is 17.1 Å². The van der Waals surface area contributed by atoms with Gasteiger partial charge in [-0.25, -0.2) is 17.6 Å². The molecule has 6 rings (SSSR count). The van der Waals surface area contributed by atoms with E-state index in [0.29, 0.717) is 18.2 Å². The van der Waals surface area contributed by atoms with Crippen LogP contribution >= 0.6 is 11.8 Å². The summed E-state index contributed by atoms with van der Waals surface area (Å²) in [6, 6.07) is 4.91. The van der Waals surface area contributed by atoms with Crippen LogP contribution in [0.1, 0.15) is 45.6 Å². The second-order valence-corrected chi connectivity index (χ2v) is 13.6. The zero-order valence-corrected chi connectivity index (χ0v) is 23.4. The smallest absolute Gasteiger partial charge is 0.226 e. The van der Waals surface area contributed by atoms with Gasteiger partial charge in [0.05, 0.1) is 6.10 Å². The molecule has 40 heavy (non-hydrogen) atoms. The summed E-state index contributed by atoms with van der Waals surface area (Å²) in [5, 5.41) is 12.8. The molecule has 5 aliphatic rings. The van der Waals surface area contributed by atoms with Crippen molar-refractivity contribution in [2.75, 3.05) is 12.6 Å². The third kappa shape index (κ3) is 3.33. The molecule has 216 valence electrons. The van der Waals surface area contributed by atoms with E-state index in [1.54, 1.807) is 24.1 Å². The molecule has 0 radical (unpaired) electrons. The summed E-state index contributed by atoms with van der Waals surface area (Å²) in [6.45, 7) is 5.69. The van der Waals surface area contributed by atoms with Gasteiger partial charge in [-0.3, -0.25) is 14.4 Å². The van der Waals surface area contributed by atoms with Crippen molar-refractivity contribution in [2.24, 2.45) is 28.1 Å². The highest BCUT2D eigenvalue weighted by molar-refractivity contribution is 8.13. The first-order valence-corrected chi connectivity index (χ1v) is 14.6. The molecule has 0 unspecified atom stereocenters. The van der Waals surface area contributed by atoms with E-state index in [1.807, 2.05) is 6.92 Å². The molecule has 0 spiro atoms. The molecule has 1 heterocycles. The van der Waals surface area contributed by atoms with Crippen LogP contribution in [-0.4, -0.2) is 57.2 Å². The number of hydroxylamine groups is 2. The topological polar surface area (TPSA) is 66.8 Å². The molecule has 5 nitrogen and oxygen atoms in total. The van der Waals surface area contributed by atoms with Gasteiger partial charge in [-0.2, -0.15) is 5.06 Å². The van der Waals surface area contributed by atoms with Gasteiger partial charge in [-0.1, -0.05) is 43.8 Å². The fourth-order valence-electron chi connectivity index (χ4n) is 9.16. The fraction of sp³-hybridized carbons (Fsp3) is 0.600. The molecule has 9 atom stereocenters. The van der Waals surface area contributed by atoms with Crippen LogP contribution in [0.2, 0.25) is 0 Å². The van der Waals surface area contributed by atoms with Crippen LogP contribution in [0.3, 0.4) is 0 Å². The highest BCUT2D eigenvalue weighted by Crippen LogP contribution is 2.78. The Morgan fingerprint density at radius 3 is 2.58 bits per heavy atom. The molecule has 1 aromatic rings. The SMILES string of the molecule is C[C@]12C[C@H](O)[C@@]3(F)[C@@H](C[C@H](F)C4=CC(=O)C=C[C@@]43C)[C@]1(C)C[C@H]1CN(Cc3ccc(F)cc3)O[C@]12C(=O)SCF. The van der Waals surface area contributed by atoms with Crippen molar-refractivity contribution >= 4 is 22.7 Å². The number of carbonyl (C=O) groups is 2. The maximum Gasteiger partial charge on any atom is 0.226 e. The third-order valence-electron chi connectivity index (χ3n) is 11.2. The van der Waals surface area contributed by atoms with Crippen LogP contribution in [0.4, 0.5) is 17.6 Å². The zero-order valence-electron chi connectivity index (χ0n) is 22.6. The minimum atomic E-state index is -2.31. The van der Waals surface area contributed by atoms with E-state index in [4.69, 9.17) is 4.84 Å². The number of thioether (sulfide) groups is 1. The Balaban J connectivity index is 1.44. The number of carbonyl (C=O) groups excluding carboxylic acids is 2. The number of aliphatic hydroxyl groups is 1. The number of rotatable bonds is 4. The lowest BCUT2D eigenvalue weighted by Gasteiger charge is -2.67. The van der Waals surface area contributed by atoms with E-state index in [2.05, 4.69) is 0 Å². The molecule has 4 fully saturated rings. The van der Waals surface area contributed by atoms with Crippen LogP contribution in [0, 0.1) is 33.9 Å². The lowest BCUT2D eigenvalue weighted by Crippen LogP contribution is -2.73. The van der Waals surface area contributed by atoms with Crippen LogP contribution in [0.5, 0.6) is 0 Å². The molecule has 0 amide bonds. The van der Waals surface area contributed by atoms with Crippen molar-refractivity contribution < 1.29 is 37.1 Å². The average molecular weight is 580 g/mol. The van der Waals surface area contributed by atoms with Crippen molar-refractivity contribution in [2.45, 2.75) is 70.1 Å². The number of alkyl halides is 3. The summed E-state index contributed by atoms with van der Waals surface area (Å²) in [4.78, 5) is 32.5. The number of nitrogens with zero attached hydrogens (tertiary/aromatic N) is 1. The predicted octanol–water partition coefficient (Wildman–Crippen LogP) is 5.43. The van der Waals surface area contributed by atoms with Crippen molar-refractivity contribution in [1.82, 2.24) is 5.06 Å². The molecule has 4 aliphatic carbocycles. The summed E-state index contributed by atoms with van der Waals surface area (Å²) in [7, 11) is 0. The second-order valence-electron chi connectivity index (χ2n) is 12.7. The van der Waals surface area contributed by atoms with E-state index in [-0.39, 0.29) is 37.3 Å². The van der Waals surface area contributed by atoms with E-state index in [0.717, 1.165) is 11.6 Å². The lowest BCUT2D eigenvalue weighted by molar-refractivity contribution is -0.286. The third-order valence-corrected chi connectivity index (χ3v) is 11.9. The Kier molecular flexibility index (Phi) is 6.32. The van der Waals surface area contributed by atoms with Crippen LogP contribution in [0.25, 0.3) is 0 Å². The van der Waals surface area contributed by atoms with Gasteiger partial charge >= 0.3 is 0 Å². The first-order chi connectivity index (χ1) is 18.8. The normalized spacial score (nSPS) is 45.9. The number of hydrogen-bond donors (Lipinski definition) is 1. The first-order valence-electron chi connectivity index (χ1n) is 13.6. The van der Waals surface area contributed by atoms with Gasteiger partial charge in [-0.15, -0.1) is 0 Å². The summed E-state index contributed by atoms with van der Waals surface area (Å²) in [6.07, 6.45) is 0.418. The largest absolute Gasteiger partial charge is 0.390 e. The fourth-order valence-corrected chi connectivity index (χ4v) is 9.91. The maximum atomic E-state index is 17.7. The monoisotopic (exact) mass is 579 g/mol. The maximum absolute atomic E-state index is 17.7. The quantitative estimate of drug-likeness (QED) is 0.480. The molecule has 1 aliphatic heterocycles. The molecule has 1 saturated heterocycles. The number of fused-ring (bicyclic) bond motifs is 7. The minimum absolute atomic E-state index is 0.0312. The van der Waals surface area contributed by atoms with E-state index < -0.39 is 68.5 Å². The highest BCUT2D eigenvalue weighted by atomic mass is 32.2. The van der Waals surface area contributed by atoms with Crippen LogP contribution in [0.15, 0.2) is 48.1 Å². The van der Waals surface area contributed by atoms with E-state index in [1.165, 1.54) is 31.2 Å². The molecule has 1 N–H and O–H groups in total. The number of hydrogen-bond acceptors (Lipinski definition) is 6. The average Bonchev–Trinajstić information content (AvgIpc) is 3.34. The Morgan fingerprint density at radius 2 is 1.90 bits per heavy atom. The number of allylic oxidation sites excluding steroid dienone is 4. The lowest BCUT2D eigenvalue weighted by atomic mass is 9.40. The van der Waals surface area contributed by atoms with Gasteiger partial charge in [-0.05, 0) is 67.0 Å². The second kappa shape index (κ2) is 8.99. The summed E-state index contributed by atoms with van der Waals surface area (Å²) in [5.41, 5.74) is -6.84. The molecule has 0 aromatic heterocycles. The van der Waals surface area contributed by atoms with Gasteiger partial charge in [0, 0.05) is 35.8 Å². The minimum Gasteiger partial charge on any atom is -0.390 e. The van der Waals surface area contributed by atoms with Crippen molar-refractivity contribution in [3.63, 3.8) is 0 Å². The molecular weight excluding hydrogens is 546 g/mol. The standard InChI is InChI=1S/C30H33F4NO4S/c1-26-9-8-20(36)10-21(26)22(33)11-23-27(2)12-18-15-35(14-17-4-6-19(32)7-5-17)39-30(18,25(38)40-16-31)28(27,3)13-24(37)29(23,26)34/h4-10,18,22-24,37H,11-16H2,1-3H3/t18-,22-,23-,24-,26-,27-,28-,29-,30-/m0/s1. The predicted molar refractivity (Wildman–Crippen MR) is 141 cm³/mol. The van der Waals surface area contributed by atoms with Gasteiger partial charge in [0.1, 0.15) is 18.0 Å².